The zero-order valence-corrected chi connectivity index (χ0v) is 12.4. The average molecular weight is 279 g/mol. The molecule has 0 saturated carbocycles. The highest BCUT2D eigenvalue weighted by atomic mass is 32.2. The van der Waals surface area contributed by atoms with E-state index in [1.54, 1.807) is 0 Å². The lowest BCUT2D eigenvalue weighted by atomic mass is 10.2. The Bertz CT molecular complexity index is 340. The van der Waals surface area contributed by atoms with Crippen LogP contribution in [0.15, 0.2) is 0 Å². The van der Waals surface area contributed by atoms with E-state index in [2.05, 4.69) is 0 Å². The number of carboxylic acid groups (broad SMARTS) is 1. The van der Waals surface area contributed by atoms with Gasteiger partial charge in [-0.15, -0.1) is 0 Å². The van der Waals surface area contributed by atoms with Crippen molar-refractivity contribution in [2.24, 2.45) is 5.92 Å². The number of hydrogen-bond acceptors (Lipinski definition) is 3. The van der Waals surface area contributed by atoms with Crippen LogP contribution < -0.4 is 0 Å². The van der Waals surface area contributed by atoms with E-state index >= 15 is 0 Å². The molecule has 0 aromatic rings. The molecule has 0 aromatic heterocycles. The van der Waals surface area contributed by atoms with Crippen molar-refractivity contribution in [3.8, 4) is 0 Å². The fourth-order valence-corrected chi connectivity index (χ4v) is 3.29. The molecule has 0 saturated heterocycles. The van der Waals surface area contributed by atoms with Crippen LogP contribution in [-0.2, 0) is 14.8 Å². The van der Waals surface area contributed by atoms with Crippen LogP contribution in [0.1, 0.15) is 46.5 Å². The van der Waals surface area contributed by atoms with E-state index in [1.807, 2.05) is 13.8 Å². The SMILES string of the molecule is CCCCN(CC(C)C(=O)O)S(=O)(=O)CCCC. The van der Waals surface area contributed by atoms with Crippen LogP contribution in [0.5, 0.6) is 0 Å². The first-order valence-corrected chi connectivity index (χ1v) is 8.16. The molecule has 0 fully saturated rings. The predicted molar refractivity (Wildman–Crippen MR) is 72.0 cm³/mol. The molecule has 0 bridgehead atoms. The van der Waals surface area contributed by atoms with Gasteiger partial charge in [-0.2, -0.15) is 0 Å². The van der Waals surface area contributed by atoms with E-state index in [9.17, 15) is 13.2 Å². The lowest BCUT2D eigenvalue weighted by Gasteiger charge is -2.23. The minimum absolute atomic E-state index is 0.0708. The Labute approximate surface area is 110 Å². The second-order valence-electron chi connectivity index (χ2n) is 4.62. The van der Waals surface area contributed by atoms with Crippen molar-refractivity contribution < 1.29 is 18.3 Å². The molecule has 0 aliphatic heterocycles. The molecule has 0 aliphatic rings. The lowest BCUT2D eigenvalue weighted by molar-refractivity contribution is -0.141. The highest BCUT2D eigenvalue weighted by Crippen LogP contribution is 2.11. The molecule has 0 rings (SSSR count). The normalized spacial score (nSPS) is 13.8. The first-order valence-electron chi connectivity index (χ1n) is 6.55. The van der Waals surface area contributed by atoms with Gasteiger partial charge in [0.05, 0.1) is 11.7 Å². The van der Waals surface area contributed by atoms with Crippen molar-refractivity contribution in [2.75, 3.05) is 18.8 Å². The number of aliphatic carboxylic acids is 1. The highest BCUT2D eigenvalue weighted by Gasteiger charge is 2.25. The molecule has 0 amide bonds. The molecule has 0 aromatic carbocycles. The average Bonchev–Trinajstić information content (AvgIpc) is 2.31. The fraction of sp³-hybridized carbons (Fsp3) is 0.917. The Balaban J connectivity index is 4.70. The number of unbranched alkanes of at least 4 members (excludes halogenated alkanes) is 2. The van der Waals surface area contributed by atoms with Gasteiger partial charge in [0.1, 0.15) is 0 Å². The number of hydrogen-bond donors (Lipinski definition) is 1. The van der Waals surface area contributed by atoms with Crippen LogP contribution in [0.2, 0.25) is 0 Å². The maximum absolute atomic E-state index is 12.1. The molecule has 1 atom stereocenters. The summed E-state index contributed by atoms with van der Waals surface area (Å²) in [5.41, 5.74) is 0. The zero-order chi connectivity index (χ0) is 14.2. The number of rotatable bonds is 10. The molecule has 5 nitrogen and oxygen atoms in total. The summed E-state index contributed by atoms with van der Waals surface area (Å²) in [6.45, 7) is 5.95. The summed E-state index contributed by atoms with van der Waals surface area (Å²) in [5, 5.41) is 8.88. The lowest BCUT2D eigenvalue weighted by Crippen LogP contribution is -2.38. The number of carbonyl (C=O) groups is 1. The fourth-order valence-electron chi connectivity index (χ4n) is 1.52. The minimum atomic E-state index is -3.32. The number of carboxylic acids is 1. The van der Waals surface area contributed by atoms with Gasteiger partial charge in [0.15, 0.2) is 0 Å². The molecule has 0 aliphatic carbocycles. The van der Waals surface area contributed by atoms with Crippen LogP contribution >= 0.6 is 0 Å². The maximum Gasteiger partial charge on any atom is 0.307 e. The summed E-state index contributed by atoms with van der Waals surface area (Å²) in [6.07, 6.45) is 3.08. The van der Waals surface area contributed by atoms with Gasteiger partial charge in [-0.25, -0.2) is 12.7 Å². The van der Waals surface area contributed by atoms with Gasteiger partial charge in [-0.3, -0.25) is 4.79 Å². The third-order valence-corrected chi connectivity index (χ3v) is 4.73. The van der Waals surface area contributed by atoms with E-state index in [0.29, 0.717) is 13.0 Å². The third-order valence-electron chi connectivity index (χ3n) is 2.81. The molecule has 108 valence electrons. The van der Waals surface area contributed by atoms with Gasteiger partial charge >= 0.3 is 5.97 Å². The summed E-state index contributed by atoms with van der Waals surface area (Å²) in [4.78, 5) is 10.8. The topological polar surface area (TPSA) is 74.7 Å². The van der Waals surface area contributed by atoms with Crippen LogP contribution in [0, 0.1) is 5.92 Å². The Kier molecular flexibility index (Phi) is 8.18. The highest BCUT2D eigenvalue weighted by molar-refractivity contribution is 7.89. The first-order chi connectivity index (χ1) is 8.35. The van der Waals surface area contributed by atoms with Gasteiger partial charge in [0.2, 0.25) is 10.0 Å². The summed E-state index contributed by atoms with van der Waals surface area (Å²) in [5.74, 6) is -1.51. The maximum atomic E-state index is 12.1. The van der Waals surface area contributed by atoms with Crippen molar-refractivity contribution in [2.45, 2.75) is 46.5 Å². The summed E-state index contributed by atoms with van der Waals surface area (Å²) in [7, 11) is -3.32. The van der Waals surface area contributed by atoms with E-state index < -0.39 is 21.9 Å². The summed E-state index contributed by atoms with van der Waals surface area (Å²) < 4.78 is 25.5. The molecule has 1 unspecified atom stereocenters. The van der Waals surface area contributed by atoms with Gasteiger partial charge in [0.25, 0.3) is 0 Å². The Morgan fingerprint density at radius 3 is 2.22 bits per heavy atom. The van der Waals surface area contributed by atoms with E-state index in [1.165, 1.54) is 11.2 Å². The molecule has 0 heterocycles. The summed E-state index contributed by atoms with van der Waals surface area (Å²) >= 11 is 0. The molecule has 0 spiro atoms. The van der Waals surface area contributed by atoms with Crippen LogP contribution in [0.4, 0.5) is 0 Å². The van der Waals surface area contributed by atoms with Crippen molar-refractivity contribution >= 4 is 16.0 Å². The Hall–Kier alpha value is -0.620. The number of nitrogens with zero attached hydrogens (tertiary/aromatic N) is 1. The smallest absolute Gasteiger partial charge is 0.307 e. The quantitative estimate of drug-likeness (QED) is 0.663. The number of sulfonamides is 1. The second-order valence-corrected chi connectivity index (χ2v) is 6.71. The Morgan fingerprint density at radius 1 is 1.22 bits per heavy atom. The second kappa shape index (κ2) is 8.48. The molecule has 0 radical (unpaired) electrons. The van der Waals surface area contributed by atoms with E-state index in [0.717, 1.165) is 19.3 Å². The Morgan fingerprint density at radius 2 is 1.78 bits per heavy atom. The van der Waals surface area contributed by atoms with Crippen LogP contribution in [0.25, 0.3) is 0 Å². The largest absolute Gasteiger partial charge is 0.481 e. The van der Waals surface area contributed by atoms with Crippen molar-refractivity contribution in [3.63, 3.8) is 0 Å². The van der Waals surface area contributed by atoms with Crippen LogP contribution in [-0.4, -0.2) is 42.6 Å². The third kappa shape index (κ3) is 6.35. The van der Waals surface area contributed by atoms with Crippen molar-refractivity contribution in [1.82, 2.24) is 4.31 Å². The minimum Gasteiger partial charge on any atom is -0.481 e. The van der Waals surface area contributed by atoms with E-state index in [4.69, 9.17) is 5.11 Å². The van der Waals surface area contributed by atoms with Gasteiger partial charge in [-0.1, -0.05) is 33.6 Å². The van der Waals surface area contributed by atoms with Crippen molar-refractivity contribution in [1.29, 1.82) is 0 Å². The van der Waals surface area contributed by atoms with Crippen molar-refractivity contribution in [3.05, 3.63) is 0 Å². The summed E-state index contributed by atoms with van der Waals surface area (Å²) in [6, 6.07) is 0. The molecule has 1 N–H and O–H groups in total. The van der Waals surface area contributed by atoms with Gasteiger partial charge in [-0.05, 0) is 12.8 Å². The standard InChI is InChI=1S/C12H25NO4S/c1-4-6-8-13(10-11(3)12(14)15)18(16,17)9-7-5-2/h11H,4-10H2,1-3H3,(H,14,15). The van der Waals surface area contributed by atoms with E-state index in [-0.39, 0.29) is 12.3 Å². The van der Waals surface area contributed by atoms with Gasteiger partial charge < -0.3 is 5.11 Å². The molecule has 6 heteroatoms. The predicted octanol–water partition coefficient (Wildman–Crippen LogP) is 1.94. The van der Waals surface area contributed by atoms with Gasteiger partial charge in [0, 0.05) is 13.1 Å². The zero-order valence-electron chi connectivity index (χ0n) is 11.6. The molecule has 18 heavy (non-hydrogen) atoms. The first kappa shape index (κ1) is 17.4. The molecular weight excluding hydrogens is 254 g/mol. The monoisotopic (exact) mass is 279 g/mol. The van der Waals surface area contributed by atoms with Crippen LogP contribution in [0.3, 0.4) is 0 Å². The molecular formula is C12H25NO4S.